The lowest BCUT2D eigenvalue weighted by Gasteiger charge is -2.02. The molecule has 0 saturated heterocycles. The predicted octanol–water partition coefficient (Wildman–Crippen LogP) is 1.11. The molecule has 0 aliphatic rings. The second kappa shape index (κ2) is 5.01. The number of hydrogen-bond donors (Lipinski definition) is 1. The minimum atomic E-state index is 0.0437. The molecule has 2 N–H and O–H groups in total. The molecule has 6 heteroatoms. The number of aryl methyl sites for hydroxylation is 1. The van der Waals surface area contributed by atoms with Crippen molar-refractivity contribution in [3.05, 3.63) is 23.8 Å². The van der Waals surface area contributed by atoms with E-state index in [1.807, 2.05) is 13.8 Å². The zero-order valence-electron chi connectivity index (χ0n) is 9.92. The van der Waals surface area contributed by atoms with E-state index in [4.69, 9.17) is 10.3 Å². The smallest absolute Gasteiger partial charge is 0.240 e. The lowest BCUT2D eigenvalue weighted by molar-refractivity contribution is 0.367. The van der Waals surface area contributed by atoms with E-state index >= 15 is 0 Å². The van der Waals surface area contributed by atoms with E-state index in [1.165, 1.54) is 0 Å². The van der Waals surface area contributed by atoms with Crippen LogP contribution in [0.3, 0.4) is 0 Å². The molecule has 2 aromatic rings. The molecule has 0 bridgehead atoms. The minimum Gasteiger partial charge on any atom is -0.339 e. The fourth-order valence-corrected chi connectivity index (χ4v) is 1.31. The monoisotopic (exact) mass is 233 g/mol. The summed E-state index contributed by atoms with van der Waals surface area (Å²) < 4.78 is 5.10. The van der Waals surface area contributed by atoms with Gasteiger partial charge in [-0.2, -0.15) is 4.98 Å². The third-order valence-electron chi connectivity index (χ3n) is 2.41. The molecule has 90 valence electrons. The Balaban J connectivity index is 2.15. The molecule has 0 radical (unpaired) electrons. The topological polar surface area (TPSA) is 90.7 Å². The van der Waals surface area contributed by atoms with Gasteiger partial charge >= 0.3 is 0 Å². The van der Waals surface area contributed by atoms with Crippen molar-refractivity contribution in [2.75, 3.05) is 0 Å². The van der Waals surface area contributed by atoms with Crippen LogP contribution in [0.1, 0.15) is 24.8 Å². The molecule has 0 amide bonds. The Kier molecular flexibility index (Phi) is 3.43. The van der Waals surface area contributed by atoms with Crippen molar-refractivity contribution < 1.29 is 4.52 Å². The molecule has 17 heavy (non-hydrogen) atoms. The SMILES string of the molecule is CCC(N)Cc1nc(-c2ncc(C)cn2)no1. The molecule has 2 rings (SSSR count). The van der Waals surface area contributed by atoms with Crippen molar-refractivity contribution in [2.24, 2.45) is 5.73 Å². The summed E-state index contributed by atoms with van der Waals surface area (Å²) in [6.45, 7) is 3.94. The van der Waals surface area contributed by atoms with Crippen molar-refractivity contribution in [3.63, 3.8) is 0 Å². The lowest BCUT2D eigenvalue weighted by atomic mass is 10.2. The summed E-state index contributed by atoms with van der Waals surface area (Å²) in [4.78, 5) is 12.5. The van der Waals surface area contributed by atoms with E-state index in [1.54, 1.807) is 12.4 Å². The predicted molar refractivity (Wildman–Crippen MR) is 62.0 cm³/mol. The largest absolute Gasteiger partial charge is 0.339 e. The molecule has 0 saturated carbocycles. The zero-order chi connectivity index (χ0) is 12.3. The fraction of sp³-hybridized carbons (Fsp3) is 0.455. The Morgan fingerprint density at radius 3 is 2.65 bits per heavy atom. The van der Waals surface area contributed by atoms with Gasteiger partial charge in [0.1, 0.15) is 0 Å². The maximum Gasteiger partial charge on any atom is 0.240 e. The van der Waals surface area contributed by atoms with Crippen LogP contribution in [-0.2, 0) is 6.42 Å². The summed E-state index contributed by atoms with van der Waals surface area (Å²) in [6.07, 6.45) is 4.89. The summed E-state index contributed by atoms with van der Waals surface area (Å²) in [7, 11) is 0. The first-order chi connectivity index (χ1) is 8.19. The van der Waals surface area contributed by atoms with Crippen LogP contribution in [0.2, 0.25) is 0 Å². The van der Waals surface area contributed by atoms with Gasteiger partial charge in [0, 0.05) is 24.9 Å². The Morgan fingerprint density at radius 1 is 1.29 bits per heavy atom. The molecule has 0 aliphatic heterocycles. The van der Waals surface area contributed by atoms with Gasteiger partial charge in [-0.05, 0) is 18.9 Å². The Bertz CT molecular complexity index is 479. The molecule has 2 heterocycles. The van der Waals surface area contributed by atoms with Crippen LogP contribution in [0, 0.1) is 6.92 Å². The van der Waals surface area contributed by atoms with Crippen LogP contribution >= 0.6 is 0 Å². The van der Waals surface area contributed by atoms with Gasteiger partial charge < -0.3 is 10.3 Å². The molecule has 1 unspecified atom stereocenters. The molecule has 0 aliphatic carbocycles. The molecule has 0 spiro atoms. The first-order valence-electron chi connectivity index (χ1n) is 5.56. The van der Waals surface area contributed by atoms with E-state index in [0.29, 0.717) is 24.0 Å². The van der Waals surface area contributed by atoms with Crippen molar-refractivity contribution in [3.8, 4) is 11.6 Å². The maximum absolute atomic E-state index is 5.81. The first kappa shape index (κ1) is 11.7. The summed E-state index contributed by atoms with van der Waals surface area (Å²) in [5, 5.41) is 3.84. The number of aromatic nitrogens is 4. The summed E-state index contributed by atoms with van der Waals surface area (Å²) in [5.41, 5.74) is 6.80. The van der Waals surface area contributed by atoms with Gasteiger partial charge in [-0.25, -0.2) is 9.97 Å². The van der Waals surface area contributed by atoms with Gasteiger partial charge in [-0.3, -0.25) is 0 Å². The molecular weight excluding hydrogens is 218 g/mol. The third-order valence-corrected chi connectivity index (χ3v) is 2.41. The van der Waals surface area contributed by atoms with E-state index in [9.17, 15) is 0 Å². The van der Waals surface area contributed by atoms with Gasteiger partial charge in [0.05, 0.1) is 0 Å². The van der Waals surface area contributed by atoms with Gasteiger partial charge in [0.25, 0.3) is 0 Å². The van der Waals surface area contributed by atoms with Crippen molar-refractivity contribution in [1.29, 1.82) is 0 Å². The van der Waals surface area contributed by atoms with Crippen LogP contribution in [0.15, 0.2) is 16.9 Å². The number of nitrogens with two attached hydrogens (primary N) is 1. The minimum absolute atomic E-state index is 0.0437. The molecule has 0 aromatic carbocycles. The highest BCUT2D eigenvalue weighted by Gasteiger charge is 2.12. The van der Waals surface area contributed by atoms with E-state index < -0.39 is 0 Å². The lowest BCUT2D eigenvalue weighted by Crippen LogP contribution is -2.21. The van der Waals surface area contributed by atoms with E-state index in [0.717, 1.165) is 12.0 Å². The third kappa shape index (κ3) is 2.85. The second-order valence-electron chi connectivity index (χ2n) is 3.97. The number of rotatable bonds is 4. The second-order valence-corrected chi connectivity index (χ2v) is 3.97. The standard InChI is InChI=1S/C11H15N5O/c1-3-8(12)4-9-15-11(16-17-9)10-13-5-7(2)6-14-10/h5-6,8H,3-4,12H2,1-2H3. The quantitative estimate of drug-likeness (QED) is 0.850. The molecule has 2 aromatic heterocycles. The summed E-state index contributed by atoms with van der Waals surface area (Å²) >= 11 is 0. The van der Waals surface area contributed by atoms with Crippen LogP contribution in [0.25, 0.3) is 11.6 Å². The molecule has 1 atom stereocenters. The van der Waals surface area contributed by atoms with Crippen LogP contribution in [0.5, 0.6) is 0 Å². The van der Waals surface area contributed by atoms with E-state index in [-0.39, 0.29) is 6.04 Å². The first-order valence-corrected chi connectivity index (χ1v) is 5.56. The Morgan fingerprint density at radius 2 is 2.00 bits per heavy atom. The highest BCUT2D eigenvalue weighted by molar-refractivity contribution is 5.40. The molecule has 6 nitrogen and oxygen atoms in total. The summed E-state index contributed by atoms with van der Waals surface area (Å²) in [6, 6.07) is 0.0437. The fourth-order valence-electron chi connectivity index (χ4n) is 1.31. The number of nitrogens with zero attached hydrogens (tertiary/aromatic N) is 4. The van der Waals surface area contributed by atoms with Gasteiger partial charge in [-0.15, -0.1) is 0 Å². The Hall–Kier alpha value is -1.82. The average Bonchev–Trinajstić information content (AvgIpc) is 2.78. The Labute approximate surface area is 99.3 Å². The molecule has 0 fully saturated rings. The molecular formula is C11H15N5O. The van der Waals surface area contributed by atoms with Crippen LogP contribution in [0.4, 0.5) is 0 Å². The van der Waals surface area contributed by atoms with Crippen LogP contribution < -0.4 is 5.73 Å². The maximum atomic E-state index is 5.81. The van der Waals surface area contributed by atoms with E-state index in [2.05, 4.69) is 20.1 Å². The summed E-state index contributed by atoms with van der Waals surface area (Å²) in [5.74, 6) is 1.40. The van der Waals surface area contributed by atoms with Crippen LogP contribution in [-0.4, -0.2) is 26.2 Å². The van der Waals surface area contributed by atoms with Crippen molar-refractivity contribution >= 4 is 0 Å². The van der Waals surface area contributed by atoms with Gasteiger partial charge in [-0.1, -0.05) is 12.1 Å². The van der Waals surface area contributed by atoms with Gasteiger partial charge in [0.15, 0.2) is 0 Å². The normalized spacial score (nSPS) is 12.6. The highest BCUT2D eigenvalue weighted by atomic mass is 16.5. The zero-order valence-corrected chi connectivity index (χ0v) is 9.92. The van der Waals surface area contributed by atoms with Gasteiger partial charge in [0.2, 0.25) is 17.5 Å². The number of hydrogen-bond acceptors (Lipinski definition) is 6. The average molecular weight is 233 g/mol. The highest BCUT2D eigenvalue weighted by Crippen LogP contribution is 2.11. The van der Waals surface area contributed by atoms with Crippen molar-refractivity contribution in [2.45, 2.75) is 32.7 Å². The van der Waals surface area contributed by atoms with Crippen molar-refractivity contribution in [1.82, 2.24) is 20.1 Å².